The molecule has 0 aromatic heterocycles. The summed E-state index contributed by atoms with van der Waals surface area (Å²) >= 11 is 0. The molecule has 2 rings (SSSR count). The minimum absolute atomic E-state index is 0.00577. The number of rotatable bonds is 4. The van der Waals surface area contributed by atoms with Crippen LogP contribution in [0.15, 0.2) is 5.16 Å². The Morgan fingerprint density at radius 1 is 1.16 bits per heavy atom. The highest BCUT2D eigenvalue weighted by molar-refractivity contribution is 7.90. The van der Waals surface area contributed by atoms with Crippen molar-refractivity contribution in [3.63, 3.8) is 0 Å². The SMILES string of the molecule is NC(=NO)C1(NS(=O)(=O)C2CCCC2)CCCCC1. The third-order valence-corrected chi connectivity index (χ3v) is 6.41. The molecule has 7 heteroatoms. The smallest absolute Gasteiger partial charge is 0.215 e. The monoisotopic (exact) mass is 289 g/mol. The topological polar surface area (TPSA) is 105 Å². The number of hydrogen-bond acceptors (Lipinski definition) is 4. The molecule has 0 radical (unpaired) electrons. The van der Waals surface area contributed by atoms with Gasteiger partial charge < -0.3 is 10.9 Å². The van der Waals surface area contributed by atoms with Gasteiger partial charge in [-0.05, 0) is 25.7 Å². The summed E-state index contributed by atoms with van der Waals surface area (Å²) in [4.78, 5) is 0. The maximum atomic E-state index is 12.4. The van der Waals surface area contributed by atoms with Gasteiger partial charge in [-0.25, -0.2) is 13.1 Å². The molecule has 2 saturated carbocycles. The molecule has 0 unspecified atom stereocenters. The summed E-state index contributed by atoms with van der Waals surface area (Å²) in [6, 6.07) is 0. The molecule has 0 saturated heterocycles. The van der Waals surface area contributed by atoms with Crippen molar-refractivity contribution in [3.05, 3.63) is 0 Å². The van der Waals surface area contributed by atoms with E-state index in [-0.39, 0.29) is 11.1 Å². The maximum Gasteiger partial charge on any atom is 0.215 e. The van der Waals surface area contributed by atoms with Crippen molar-refractivity contribution >= 4 is 15.9 Å². The Morgan fingerprint density at radius 2 is 1.74 bits per heavy atom. The van der Waals surface area contributed by atoms with Crippen molar-refractivity contribution < 1.29 is 13.6 Å². The van der Waals surface area contributed by atoms with Crippen molar-refractivity contribution in [1.29, 1.82) is 0 Å². The normalized spacial score (nSPS) is 25.6. The number of nitrogens with two attached hydrogens (primary N) is 1. The van der Waals surface area contributed by atoms with E-state index in [1.165, 1.54) is 0 Å². The fourth-order valence-corrected chi connectivity index (χ4v) is 5.19. The molecule has 6 nitrogen and oxygen atoms in total. The average Bonchev–Trinajstić information content (AvgIpc) is 2.93. The van der Waals surface area contributed by atoms with Crippen molar-refractivity contribution in [2.45, 2.75) is 68.6 Å². The van der Waals surface area contributed by atoms with E-state index in [1.807, 2.05) is 0 Å². The van der Waals surface area contributed by atoms with E-state index in [2.05, 4.69) is 9.88 Å². The van der Waals surface area contributed by atoms with Crippen LogP contribution in [0.25, 0.3) is 0 Å². The van der Waals surface area contributed by atoms with E-state index in [9.17, 15) is 8.42 Å². The molecule has 0 spiro atoms. The van der Waals surface area contributed by atoms with Crippen LogP contribution in [0.3, 0.4) is 0 Å². The number of sulfonamides is 1. The molecule has 2 aliphatic carbocycles. The summed E-state index contributed by atoms with van der Waals surface area (Å²) in [7, 11) is -3.40. The third-order valence-electron chi connectivity index (χ3n) is 4.38. The van der Waals surface area contributed by atoms with Gasteiger partial charge >= 0.3 is 0 Å². The predicted octanol–water partition coefficient (Wildman–Crippen LogP) is 1.30. The van der Waals surface area contributed by atoms with Crippen LogP contribution in [0.1, 0.15) is 57.8 Å². The molecule has 19 heavy (non-hydrogen) atoms. The standard InChI is InChI=1S/C12H23N3O3S/c13-11(14-16)12(8-4-1-5-9-12)15-19(17,18)10-6-2-3-7-10/h10,15-16H,1-9H2,(H2,13,14). The van der Waals surface area contributed by atoms with E-state index in [0.717, 1.165) is 32.1 Å². The molecule has 0 amide bonds. The molecular weight excluding hydrogens is 266 g/mol. The second kappa shape index (κ2) is 5.66. The molecule has 0 bridgehead atoms. The molecule has 4 N–H and O–H groups in total. The summed E-state index contributed by atoms with van der Waals surface area (Å²) in [6.07, 6.45) is 7.40. The molecule has 2 fully saturated rings. The number of nitrogens with zero attached hydrogens (tertiary/aromatic N) is 1. The molecule has 2 aliphatic rings. The largest absolute Gasteiger partial charge is 0.409 e. The average molecular weight is 289 g/mol. The number of hydrogen-bond donors (Lipinski definition) is 3. The van der Waals surface area contributed by atoms with E-state index in [1.54, 1.807) is 0 Å². The van der Waals surface area contributed by atoms with E-state index in [0.29, 0.717) is 25.7 Å². The van der Waals surface area contributed by atoms with Crippen LogP contribution in [0.2, 0.25) is 0 Å². The van der Waals surface area contributed by atoms with Crippen molar-refractivity contribution in [3.8, 4) is 0 Å². The van der Waals surface area contributed by atoms with E-state index in [4.69, 9.17) is 10.9 Å². The molecule has 0 aromatic rings. The molecule has 0 aromatic carbocycles. The van der Waals surface area contributed by atoms with Crippen LogP contribution in [-0.4, -0.2) is 30.2 Å². The van der Waals surface area contributed by atoms with Gasteiger partial charge in [-0.3, -0.25) is 0 Å². The first-order chi connectivity index (χ1) is 9.00. The molecule has 0 atom stereocenters. The first-order valence-electron chi connectivity index (χ1n) is 7.01. The Balaban J connectivity index is 2.20. The lowest BCUT2D eigenvalue weighted by atomic mass is 9.82. The van der Waals surface area contributed by atoms with Gasteiger partial charge in [-0.15, -0.1) is 0 Å². The van der Waals surface area contributed by atoms with Gasteiger partial charge in [-0.1, -0.05) is 37.3 Å². The lowest BCUT2D eigenvalue weighted by Crippen LogP contribution is -2.59. The summed E-state index contributed by atoms with van der Waals surface area (Å²) in [5.41, 5.74) is 4.88. The third kappa shape index (κ3) is 3.02. The Morgan fingerprint density at radius 3 is 2.26 bits per heavy atom. The fourth-order valence-electron chi connectivity index (χ4n) is 3.22. The van der Waals surface area contributed by atoms with Crippen LogP contribution < -0.4 is 10.5 Å². The summed E-state index contributed by atoms with van der Waals surface area (Å²) < 4.78 is 27.6. The zero-order valence-electron chi connectivity index (χ0n) is 11.1. The highest BCUT2D eigenvalue weighted by Crippen LogP contribution is 2.32. The van der Waals surface area contributed by atoms with Crippen molar-refractivity contribution in [2.24, 2.45) is 10.9 Å². The van der Waals surface area contributed by atoms with Crippen LogP contribution in [-0.2, 0) is 10.0 Å². The first kappa shape index (κ1) is 14.6. The van der Waals surface area contributed by atoms with Crippen LogP contribution in [0.4, 0.5) is 0 Å². The van der Waals surface area contributed by atoms with Crippen LogP contribution in [0.5, 0.6) is 0 Å². The highest BCUT2D eigenvalue weighted by atomic mass is 32.2. The summed E-state index contributed by atoms with van der Waals surface area (Å²) in [6.45, 7) is 0. The van der Waals surface area contributed by atoms with Gasteiger partial charge in [0, 0.05) is 0 Å². The Labute approximate surface area is 114 Å². The van der Waals surface area contributed by atoms with Crippen molar-refractivity contribution in [1.82, 2.24) is 4.72 Å². The predicted molar refractivity (Wildman–Crippen MR) is 73.5 cm³/mol. The minimum atomic E-state index is -3.40. The maximum absolute atomic E-state index is 12.4. The zero-order chi connectivity index (χ0) is 13.9. The lowest BCUT2D eigenvalue weighted by molar-refractivity contribution is 0.293. The Kier molecular flexibility index (Phi) is 4.35. The van der Waals surface area contributed by atoms with Gasteiger partial charge in [0.05, 0.1) is 10.8 Å². The van der Waals surface area contributed by atoms with Crippen LogP contribution in [0, 0.1) is 0 Å². The number of amidine groups is 1. The summed E-state index contributed by atoms with van der Waals surface area (Å²) in [5.74, 6) is -0.00577. The molecule has 0 aliphatic heterocycles. The second-order valence-corrected chi connectivity index (χ2v) is 7.64. The Hall–Kier alpha value is -0.820. The zero-order valence-corrected chi connectivity index (χ0v) is 12.0. The number of oxime groups is 1. The van der Waals surface area contributed by atoms with Crippen molar-refractivity contribution in [2.75, 3.05) is 0 Å². The first-order valence-corrected chi connectivity index (χ1v) is 8.56. The van der Waals surface area contributed by atoms with E-state index >= 15 is 0 Å². The molecular formula is C12H23N3O3S. The lowest BCUT2D eigenvalue weighted by Gasteiger charge is -2.37. The molecule has 0 heterocycles. The van der Waals surface area contributed by atoms with Gasteiger partial charge in [-0.2, -0.15) is 0 Å². The minimum Gasteiger partial charge on any atom is -0.409 e. The molecule has 110 valence electrons. The quantitative estimate of drug-likeness (QED) is 0.314. The van der Waals surface area contributed by atoms with Gasteiger partial charge in [0.15, 0.2) is 5.84 Å². The van der Waals surface area contributed by atoms with Gasteiger partial charge in [0.2, 0.25) is 10.0 Å². The van der Waals surface area contributed by atoms with Gasteiger partial charge in [0.1, 0.15) is 0 Å². The van der Waals surface area contributed by atoms with Crippen LogP contribution >= 0.6 is 0 Å². The van der Waals surface area contributed by atoms with Gasteiger partial charge in [0.25, 0.3) is 0 Å². The van der Waals surface area contributed by atoms with E-state index < -0.39 is 15.6 Å². The fraction of sp³-hybridized carbons (Fsp3) is 0.917. The number of nitrogens with one attached hydrogen (secondary N) is 1. The Bertz CT molecular complexity index is 435. The highest BCUT2D eigenvalue weighted by Gasteiger charge is 2.42. The second-order valence-electron chi connectivity index (χ2n) is 5.68. The summed E-state index contributed by atoms with van der Waals surface area (Å²) in [5, 5.41) is 11.7.